The van der Waals surface area contributed by atoms with Gasteiger partial charge in [0.15, 0.2) is 0 Å². The van der Waals surface area contributed by atoms with E-state index in [1.807, 2.05) is 18.2 Å². The van der Waals surface area contributed by atoms with E-state index >= 15 is 0 Å². The zero-order valence-corrected chi connectivity index (χ0v) is 12.6. The van der Waals surface area contributed by atoms with Crippen LogP contribution in [0.3, 0.4) is 0 Å². The summed E-state index contributed by atoms with van der Waals surface area (Å²) in [5, 5.41) is 2.86. The van der Waals surface area contributed by atoms with Crippen molar-refractivity contribution in [2.75, 3.05) is 5.32 Å². The minimum Gasteiger partial charge on any atom is -0.325 e. The lowest BCUT2D eigenvalue weighted by molar-refractivity contribution is -0.118. The zero-order valence-electron chi connectivity index (χ0n) is 12.6. The number of hydrogen-bond donors (Lipinski definition) is 1. The monoisotopic (exact) mass is 309 g/mol. The molecule has 0 saturated heterocycles. The first-order valence-electron chi connectivity index (χ1n) is 7.28. The maximum Gasteiger partial charge on any atom is 0.247 e. The Hall–Kier alpha value is -2.95. The molecule has 0 saturated carbocycles. The van der Waals surface area contributed by atoms with Crippen LogP contribution in [0.2, 0.25) is 0 Å². The Balaban J connectivity index is 1.71. The molecule has 3 aromatic rings. The van der Waals surface area contributed by atoms with E-state index in [9.17, 15) is 9.18 Å². The second kappa shape index (κ2) is 6.44. The summed E-state index contributed by atoms with van der Waals surface area (Å²) in [6.07, 6.45) is 4.99. The van der Waals surface area contributed by atoms with Crippen LogP contribution in [0.25, 0.3) is 11.1 Å². The molecule has 0 aliphatic rings. The molecule has 5 heteroatoms. The number of nitrogens with one attached hydrogen (secondary N) is 1. The van der Waals surface area contributed by atoms with Crippen molar-refractivity contribution in [1.29, 1.82) is 0 Å². The fraction of sp³-hybridized carbons (Fsp3) is 0.111. The molecule has 116 valence electrons. The molecule has 0 unspecified atom stereocenters. The molecule has 1 N–H and O–H groups in total. The van der Waals surface area contributed by atoms with Gasteiger partial charge in [-0.2, -0.15) is 0 Å². The Morgan fingerprint density at radius 3 is 2.61 bits per heavy atom. The first-order valence-corrected chi connectivity index (χ1v) is 7.28. The molecule has 0 radical (unpaired) electrons. The molecule has 1 heterocycles. The number of benzene rings is 2. The number of rotatable bonds is 4. The summed E-state index contributed by atoms with van der Waals surface area (Å²) in [6, 6.07) is 13.4. The number of anilines is 1. The molecule has 23 heavy (non-hydrogen) atoms. The van der Waals surface area contributed by atoms with Crippen molar-refractivity contribution in [2.45, 2.75) is 13.0 Å². The van der Waals surface area contributed by atoms with Gasteiger partial charge in [-0.05, 0) is 42.3 Å². The predicted octanol–water partition coefficient (Wildman–Crippen LogP) is 3.89. The van der Waals surface area contributed by atoms with Crippen molar-refractivity contribution in [1.82, 2.24) is 9.55 Å². The highest BCUT2D eigenvalue weighted by Gasteiger charge is 2.14. The van der Waals surface area contributed by atoms with Crippen LogP contribution < -0.4 is 5.32 Å². The SMILES string of the molecule is C[C@H](C(=O)Nc1ccc(-c2cccc(F)c2)cc1)n1ccnc1. The Labute approximate surface area is 133 Å². The summed E-state index contributed by atoms with van der Waals surface area (Å²) >= 11 is 0. The quantitative estimate of drug-likeness (QED) is 0.795. The summed E-state index contributed by atoms with van der Waals surface area (Å²) < 4.78 is 15.0. The zero-order chi connectivity index (χ0) is 16.2. The highest BCUT2D eigenvalue weighted by molar-refractivity contribution is 5.93. The molecular formula is C18H16FN3O. The minimum atomic E-state index is -0.347. The lowest BCUT2D eigenvalue weighted by Crippen LogP contribution is -2.22. The van der Waals surface area contributed by atoms with Crippen LogP contribution in [0.1, 0.15) is 13.0 Å². The molecule has 0 spiro atoms. The fourth-order valence-electron chi connectivity index (χ4n) is 2.29. The molecule has 1 aromatic heterocycles. The van der Waals surface area contributed by atoms with Gasteiger partial charge in [0.05, 0.1) is 6.33 Å². The minimum absolute atomic E-state index is 0.124. The van der Waals surface area contributed by atoms with Crippen molar-refractivity contribution in [3.63, 3.8) is 0 Å². The Bertz CT molecular complexity index is 797. The van der Waals surface area contributed by atoms with Gasteiger partial charge in [-0.15, -0.1) is 0 Å². The van der Waals surface area contributed by atoms with E-state index in [-0.39, 0.29) is 17.8 Å². The lowest BCUT2D eigenvalue weighted by Gasteiger charge is -2.13. The summed E-state index contributed by atoms with van der Waals surface area (Å²) in [6.45, 7) is 1.80. The Morgan fingerprint density at radius 1 is 1.17 bits per heavy atom. The van der Waals surface area contributed by atoms with Crippen molar-refractivity contribution in [3.8, 4) is 11.1 Å². The molecule has 2 aromatic carbocycles. The Kier molecular flexibility index (Phi) is 4.19. The first kappa shape index (κ1) is 15.0. The molecule has 1 amide bonds. The molecule has 0 bridgehead atoms. The number of hydrogen-bond acceptors (Lipinski definition) is 2. The van der Waals surface area contributed by atoms with E-state index in [4.69, 9.17) is 0 Å². The number of aromatic nitrogens is 2. The van der Waals surface area contributed by atoms with Gasteiger partial charge in [-0.25, -0.2) is 9.37 Å². The van der Waals surface area contributed by atoms with E-state index in [0.29, 0.717) is 5.69 Å². The summed E-state index contributed by atoms with van der Waals surface area (Å²) in [7, 11) is 0. The molecule has 0 aliphatic carbocycles. The molecule has 0 aliphatic heterocycles. The third-order valence-corrected chi connectivity index (χ3v) is 3.66. The fourth-order valence-corrected chi connectivity index (χ4v) is 2.29. The van der Waals surface area contributed by atoms with E-state index in [0.717, 1.165) is 11.1 Å². The maximum atomic E-state index is 13.3. The van der Waals surface area contributed by atoms with Crippen LogP contribution >= 0.6 is 0 Å². The molecule has 4 nitrogen and oxygen atoms in total. The first-order chi connectivity index (χ1) is 11.1. The largest absolute Gasteiger partial charge is 0.325 e. The van der Waals surface area contributed by atoms with Gasteiger partial charge in [-0.3, -0.25) is 4.79 Å². The van der Waals surface area contributed by atoms with Crippen LogP contribution in [0, 0.1) is 5.82 Å². The Morgan fingerprint density at radius 2 is 1.96 bits per heavy atom. The second-order valence-electron chi connectivity index (χ2n) is 5.26. The van der Waals surface area contributed by atoms with Crippen LogP contribution in [0.4, 0.5) is 10.1 Å². The smallest absolute Gasteiger partial charge is 0.247 e. The van der Waals surface area contributed by atoms with E-state index in [1.54, 1.807) is 48.4 Å². The summed E-state index contributed by atoms with van der Waals surface area (Å²) in [4.78, 5) is 16.1. The highest BCUT2D eigenvalue weighted by Crippen LogP contribution is 2.22. The van der Waals surface area contributed by atoms with E-state index < -0.39 is 0 Å². The van der Waals surface area contributed by atoms with Gasteiger partial charge < -0.3 is 9.88 Å². The highest BCUT2D eigenvalue weighted by atomic mass is 19.1. The molecule has 0 fully saturated rings. The number of halogens is 1. The number of imidazole rings is 1. The van der Waals surface area contributed by atoms with E-state index in [1.165, 1.54) is 12.1 Å². The van der Waals surface area contributed by atoms with Gasteiger partial charge in [0.1, 0.15) is 11.9 Å². The van der Waals surface area contributed by atoms with Gasteiger partial charge in [0.2, 0.25) is 5.91 Å². The van der Waals surface area contributed by atoms with Crippen LogP contribution in [-0.2, 0) is 4.79 Å². The number of carbonyl (C=O) groups excluding carboxylic acids is 1. The number of amides is 1. The average Bonchev–Trinajstić information content (AvgIpc) is 3.09. The van der Waals surface area contributed by atoms with Crippen molar-refractivity contribution < 1.29 is 9.18 Å². The summed E-state index contributed by atoms with van der Waals surface area (Å²) in [5.74, 6) is -0.393. The van der Waals surface area contributed by atoms with Crippen molar-refractivity contribution in [2.24, 2.45) is 0 Å². The standard InChI is InChI=1S/C18H16FN3O/c1-13(22-10-9-20-12-22)18(23)21-17-7-5-14(6-8-17)15-3-2-4-16(19)11-15/h2-13H,1H3,(H,21,23)/t13-/m1/s1. The summed E-state index contributed by atoms with van der Waals surface area (Å²) in [5.41, 5.74) is 2.39. The third kappa shape index (κ3) is 3.45. The third-order valence-electron chi connectivity index (χ3n) is 3.66. The van der Waals surface area contributed by atoms with Gasteiger partial charge in [0, 0.05) is 18.1 Å². The van der Waals surface area contributed by atoms with Gasteiger partial charge >= 0.3 is 0 Å². The second-order valence-corrected chi connectivity index (χ2v) is 5.26. The van der Waals surface area contributed by atoms with Gasteiger partial charge in [0.25, 0.3) is 0 Å². The van der Waals surface area contributed by atoms with Crippen LogP contribution in [0.15, 0.2) is 67.3 Å². The molecule has 3 rings (SSSR count). The lowest BCUT2D eigenvalue weighted by atomic mass is 10.1. The molecule has 1 atom stereocenters. The molecular weight excluding hydrogens is 293 g/mol. The average molecular weight is 309 g/mol. The number of nitrogens with zero attached hydrogens (tertiary/aromatic N) is 2. The normalized spacial score (nSPS) is 11.9. The van der Waals surface area contributed by atoms with Crippen LogP contribution in [-0.4, -0.2) is 15.5 Å². The topological polar surface area (TPSA) is 46.9 Å². The van der Waals surface area contributed by atoms with Crippen molar-refractivity contribution >= 4 is 11.6 Å². The predicted molar refractivity (Wildman–Crippen MR) is 87.4 cm³/mol. The van der Waals surface area contributed by atoms with E-state index in [2.05, 4.69) is 10.3 Å². The van der Waals surface area contributed by atoms with Gasteiger partial charge in [-0.1, -0.05) is 24.3 Å². The number of carbonyl (C=O) groups is 1. The van der Waals surface area contributed by atoms with Crippen LogP contribution in [0.5, 0.6) is 0 Å². The van der Waals surface area contributed by atoms with Crippen molar-refractivity contribution in [3.05, 3.63) is 73.1 Å². The maximum absolute atomic E-state index is 13.3.